The number of nitrogens with two attached hydrogens (primary N) is 1. The lowest BCUT2D eigenvalue weighted by Crippen LogP contribution is -2.43. The lowest BCUT2D eigenvalue weighted by Gasteiger charge is -2.22. The Balaban J connectivity index is 2.06. The maximum absolute atomic E-state index is 5.71. The normalized spacial score (nSPS) is 21.7. The highest BCUT2D eigenvalue weighted by Crippen LogP contribution is 2.30. The number of hydrazine groups is 1. The minimum Gasteiger partial charge on any atom is -0.271 e. The van der Waals surface area contributed by atoms with Gasteiger partial charge in [-0.05, 0) is 44.4 Å². The van der Waals surface area contributed by atoms with Gasteiger partial charge in [0.25, 0.3) is 0 Å². The number of aryl methyl sites for hydroxylation is 2. The minimum atomic E-state index is 0.406. The van der Waals surface area contributed by atoms with Crippen LogP contribution in [-0.2, 0) is 6.42 Å². The summed E-state index contributed by atoms with van der Waals surface area (Å²) in [6.07, 6.45) is 3.67. The molecule has 1 aromatic carbocycles. The molecule has 0 aliphatic carbocycles. The third kappa shape index (κ3) is 3.47. The van der Waals surface area contributed by atoms with E-state index in [1.807, 2.05) is 0 Å². The second kappa shape index (κ2) is 5.89. The molecule has 1 aromatic rings. The average Bonchev–Trinajstić information content (AvgIpc) is 2.77. The molecular weight excluding hydrogens is 228 g/mol. The molecule has 1 fully saturated rings. The summed E-state index contributed by atoms with van der Waals surface area (Å²) in [5, 5.41) is 0.681. The molecule has 1 saturated heterocycles. The van der Waals surface area contributed by atoms with Crippen LogP contribution in [0.5, 0.6) is 0 Å². The van der Waals surface area contributed by atoms with Crippen LogP contribution in [0.25, 0.3) is 0 Å². The molecule has 2 nitrogen and oxygen atoms in total. The van der Waals surface area contributed by atoms with E-state index in [2.05, 4.69) is 49.2 Å². The molecule has 0 spiro atoms. The topological polar surface area (TPSA) is 38.0 Å². The predicted octanol–water partition coefficient (Wildman–Crippen LogP) is 2.57. The van der Waals surface area contributed by atoms with Gasteiger partial charge in [0.1, 0.15) is 0 Å². The molecule has 0 saturated carbocycles. The van der Waals surface area contributed by atoms with E-state index in [1.165, 1.54) is 35.3 Å². The van der Waals surface area contributed by atoms with Crippen molar-refractivity contribution in [1.82, 2.24) is 5.43 Å². The fourth-order valence-corrected chi connectivity index (χ4v) is 4.03. The van der Waals surface area contributed by atoms with E-state index in [9.17, 15) is 0 Å². The first-order chi connectivity index (χ1) is 8.19. The van der Waals surface area contributed by atoms with Gasteiger partial charge in [0, 0.05) is 11.3 Å². The summed E-state index contributed by atoms with van der Waals surface area (Å²) in [5.41, 5.74) is 7.10. The molecule has 17 heavy (non-hydrogen) atoms. The summed E-state index contributed by atoms with van der Waals surface area (Å²) in [4.78, 5) is 0. The number of benzene rings is 1. The third-order valence-corrected chi connectivity index (χ3v) is 4.88. The Hall–Kier alpha value is -0.510. The molecule has 94 valence electrons. The van der Waals surface area contributed by atoms with Crippen LogP contribution in [0.4, 0.5) is 0 Å². The van der Waals surface area contributed by atoms with Gasteiger partial charge in [-0.3, -0.25) is 11.3 Å². The van der Waals surface area contributed by atoms with Crippen molar-refractivity contribution in [2.45, 2.75) is 44.4 Å². The SMILES string of the molecule is Cc1cc(C)cc(CC(NN)C2CCCS2)c1. The molecule has 0 amide bonds. The second-order valence-corrected chi connectivity index (χ2v) is 6.37. The van der Waals surface area contributed by atoms with Crippen molar-refractivity contribution in [2.24, 2.45) is 5.84 Å². The van der Waals surface area contributed by atoms with Crippen molar-refractivity contribution in [3.05, 3.63) is 34.9 Å². The van der Waals surface area contributed by atoms with Crippen LogP contribution in [0.15, 0.2) is 18.2 Å². The van der Waals surface area contributed by atoms with E-state index in [0.29, 0.717) is 11.3 Å². The van der Waals surface area contributed by atoms with E-state index in [1.54, 1.807) is 0 Å². The van der Waals surface area contributed by atoms with Gasteiger partial charge in [-0.2, -0.15) is 11.8 Å². The van der Waals surface area contributed by atoms with Crippen LogP contribution in [-0.4, -0.2) is 17.0 Å². The fraction of sp³-hybridized carbons (Fsp3) is 0.571. The Morgan fingerprint density at radius 1 is 1.35 bits per heavy atom. The number of rotatable bonds is 4. The van der Waals surface area contributed by atoms with Crippen LogP contribution in [0, 0.1) is 13.8 Å². The molecule has 1 aliphatic heterocycles. The van der Waals surface area contributed by atoms with Gasteiger partial charge in [0.15, 0.2) is 0 Å². The Morgan fingerprint density at radius 2 is 2.06 bits per heavy atom. The van der Waals surface area contributed by atoms with Gasteiger partial charge >= 0.3 is 0 Å². The van der Waals surface area contributed by atoms with E-state index >= 15 is 0 Å². The minimum absolute atomic E-state index is 0.406. The van der Waals surface area contributed by atoms with Crippen LogP contribution in [0.2, 0.25) is 0 Å². The Labute approximate surface area is 108 Å². The molecule has 2 atom stereocenters. The average molecular weight is 250 g/mol. The highest BCUT2D eigenvalue weighted by molar-refractivity contribution is 8.00. The molecule has 1 aliphatic rings. The van der Waals surface area contributed by atoms with E-state index in [-0.39, 0.29) is 0 Å². The molecule has 2 unspecified atom stereocenters. The summed E-state index contributed by atoms with van der Waals surface area (Å²) in [5.74, 6) is 7.00. The Kier molecular flexibility index (Phi) is 4.48. The number of thioether (sulfide) groups is 1. The first kappa shape index (κ1) is 12.9. The largest absolute Gasteiger partial charge is 0.271 e. The molecule has 2 rings (SSSR count). The molecule has 3 N–H and O–H groups in total. The molecule has 0 aromatic heterocycles. The summed E-state index contributed by atoms with van der Waals surface area (Å²) in [6.45, 7) is 4.32. The van der Waals surface area contributed by atoms with Crippen molar-refractivity contribution in [3.8, 4) is 0 Å². The molecular formula is C14H22N2S. The van der Waals surface area contributed by atoms with Crippen LogP contribution in [0.1, 0.15) is 29.5 Å². The zero-order valence-corrected chi connectivity index (χ0v) is 11.5. The highest BCUT2D eigenvalue weighted by atomic mass is 32.2. The summed E-state index contributed by atoms with van der Waals surface area (Å²) < 4.78 is 0. The van der Waals surface area contributed by atoms with Gasteiger partial charge in [0.05, 0.1) is 0 Å². The number of hydrogen-bond donors (Lipinski definition) is 2. The maximum Gasteiger partial charge on any atom is 0.0369 e. The first-order valence-corrected chi connectivity index (χ1v) is 7.39. The van der Waals surface area contributed by atoms with Crippen molar-refractivity contribution in [2.75, 3.05) is 5.75 Å². The van der Waals surface area contributed by atoms with Crippen LogP contribution in [0.3, 0.4) is 0 Å². The second-order valence-electron chi connectivity index (χ2n) is 5.02. The lowest BCUT2D eigenvalue weighted by atomic mass is 9.98. The first-order valence-electron chi connectivity index (χ1n) is 6.34. The molecule has 0 radical (unpaired) electrons. The zero-order valence-electron chi connectivity index (χ0n) is 10.7. The number of nitrogens with one attached hydrogen (secondary N) is 1. The summed E-state index contributed by atoms with van der Waals surface area (Å²) in [6, 6.07) is 7.18. The lowest BCUT2D eigenvalue weighted by molar-refractivity contribution is 0.496. The van der Waals surface area contributed by atoms with Gasteiger partial charge in [-0.15, -0.1) is 0 Å². The van der Waals surface area contributed by atoms with Crippen LogP contribution < -0.4 is 11.3 Å². The Bertz CT molecular complexity index is 352. The summed E-state index contributed by atoms with van der Waals surface area (Å²) in [7, 11) is 0. The van der Waals surface area contributed by atoms with Crippen LogP contribution >= 0.6 is 11.8 Å². The van der Waals surface area contributed by atoms with E-state index < -0.39 is 0 Å². The molecule has 3 heteroatoms. The zero-order chi connectivity index (χ0) is 12.3. The van der Waals surface area contributed by atoms with Gasteiger partial charge in [-0.1, -0.05) is 29.3 Å². The van der Waals surface area contributed by atoms with Gasteiger partial charge in [-0.25, -0.2) is 0 Å². The van der Waals surface area contributed by atoms with E-state index in [0.717, 1.165) is 6.42 Å². The smallest absolute Gasteiger partial charge is 0.0369 e. The van der Waals surface area contributed by atoms with Crippen molar-refractivity contribution >= 4 is 11.8 Å². The molecule has 0 bridgehead atoms. The van der Waals surface area contributed by atoms with Crippen molar-refractivity contribution in [1.29, 1.82) is 0 Å². The quantitative estimate of drug-likeness (QED) is 0.637. The van der Waals surface area contributed by atoms with E-state index in [4.69, 9.17) is 5.84 Å². The number of hydrogen-bond acceptors (Lipinski definition) is 3. The maximum atomic E-state index is 5.71. The predicted molar refractivity (Wildman–Crippen MR) is 76.2 cm³/mol. The van der Waals surface area contributed by atoms with Gasteiger partial charge in [0.2, 0.25) is 0 Å². The summed E-state index contributed by atoms with van der Waals surface area (Å²) >= 11 is 2.06. The van der Waals surface area contributed by atoms with Gasteiger partial charge < -0.3 is 0 Å². The standard InChI is InChI=1S/C14H22N2S/c1-10-6-11(2)8-12(7-10)9-13(16-15)14-4-3-5-17-14/h6-8,13-14,16H,3-5,9,15H2,1-2H3. The van der Waals surface area contributed by atoms with Crippen molar-refractivity contribution < 1.29 is 0 Å². The highest BCUT2D eigenvalue weighted by Gasteiger charge is 2.24. The molecule has 1 heterocycles. The Morgan fingerprint density at radius 3 is 2.59 bits per heavy atom. The monoisotopic (exact) mass is 250 g/mol. The third-order valence-electron chi connectivity index (χ3n) is 3.36. The fourth-order valence-electron chi connectivity index (χ4n) is 2.66. The van der Waals surface area contributed by atoms with Crippen molar-refractivity contribution in [3.63, 3.8) is 0 Å².